The van der Waals surface area contributed by atoms with E-state index < -0.39 is 0 Å². The summed E-state index contributed by atoms with van der Waals surface area (Å²) >= 11 is 0. The van der Waals surface area contributed by atoms with Crippen molar-refractivity contribution in [2.45, 2.75) is 38.0 Å². The lowest BCUT2D eigenvalue weighted by Crippen LogP contribution is -2.23. The fraction of sp³-hybridized carbons (Fsp3) is 0.353. The zero-order chi connectivity index (χ0) is 12.6. The van der Waals surface area contributed by atoms with E-state index in [0.29, 0.717) is 0 Å². The van der Waals surface area contributed by atoms with Gasteiger partial charge in [0.2, 0.25) is 0 Å². The van der Waals surface area contributed by atoms with Crippen LogP contribution in [0.1, 0.15) is 38.2 Å². The van der Waals surface area contributed by atoms with Crippen LogP contribution in [0.2, 0.25) is 0 Å². The van der Waals surface area contributed by atoms with Crippen molar-refractivity contribution in [3.63, 3.8) is 0 Å². The van der Waals surface area contributed by atoms with Crippen molar-refractivity contribution in [3.05, 3.63) is 67.6 Å². The molecule has 0 saturated carbocycles. The third-order valence-corrected chi connectivity index (χ3v) is 3.28. The molecule has 1 atom stereocenters. The minimum atomic E-state index is -0.0435. The number of benzene rings is 1. The van der Waals surface area contributed by atoms with Crippen molar-refractivity contribution in [2.75, 3.05) is 0 Å². The molecule has 0 N–H and O–H groups in total. The van der Waals surface area contributed by atoms with E-state index in [1.807, 2.05) is 6.08 Å². The van der Waals surface area contributed by atoms with Crippen molar-refractivity contribution in [1.29, 1.82) is 0 Å². The Morgan fingerprint density at radius 2 is 1.82 bits per heavy atom. The quantitative estimate of drug-likeness (QED) is 0.429. The topological polar surface area (TPSA) is 0 Å². The van der Waals surface area contributed by atoms with Gasteiger partial charge in [-0.15, -0.1) is 13.2 Å². The van der Waals surface area contributed by atoms with Gasteiger partial charge in [0.05, 0.1) is 0 Å². The lowest BCUT2D eigenvalue weighted by atomic mass is 9.74. The first-order valence-electron chi connectivity index (χ1n) is 6.45. The van der Waals surface area contributed by atoms with Crippen LogP contribution in [0, 0.1) is 6.42 Å². The zero-order valence-electron chi connectivity index (χ0n) is 10.9. The molecule has 1 unspecified atom stereocenters. The van der Waals surface area contributed by atoms with Gasteiger partial charge in [0, 0.05) is 5.41 Å². The van der Waals surface area contributed by atoms with Gasteiger partial charge in [0.15, 0.2) is 0 Å². The van der Waals surface area contributed by atoms with Gasteiger partial charge in [-0.3, -0.25) is 0 Å². The predicted molar refractivity (Wildman–Crippen MR) is 77.0 cm³/mol. The Morgan fingerprint density at radius 1 is 1.12 bits per heavy atom. The monoisotopic (exact) mass is 227 g/mol. The molecule has 0 fully saturated rings. The van der Waals surface area contributed by atoms with Gasteiger partial charge in [-0.1, -0.05) is 68.7 Å². The fourth-order valence-electron chi connectivity index (χ4n) is 2.24. The number of hydrogen-bond donors (Lipinski definition) is 0. The molecule has 1 rings (SSSR count). The van der Waals surface area contributed by atoms with E-state index in [-0.39, 0.29) is 5.41 Å². The third kappa shape index (κ3) is 3.59. The molecule has 0 aromatic heterocycles. The van der Waals surface area contributed by atoms with Crippen LogP contribution in [0.15, 0.2) is 55.6 Å². The molecule has 0 aliphatic rings. The summed E-state index contributed by atoms with van der Waals surface area (Å²) in [5.41, 5.74) is 1.27. The summed E-state index contributed by atoms with van der Waals surface area (Å²) in [6.45, 7) is 10.1. The number of allylic oxidation sites excluding steroid dienone is 2. The highest BCUT2D eigenvalue weighted by Gasteiger charge is 2.26. The molecule has 0 nitrogen and oxygen atoms in total. The second kappa shape index (κ2) is 7.11. The van der Waals surface area contributed by atoms with E-state index in [4.69, 9.17) is 0 Å². The SMILES string of the molecule is C=C[CH]C(C=C)(CCCCC)c1ccccc1. The summed E-state index contributed by atoms with van der Waals surface area (Å²) in [5, 5.41) is 0. The summed E-state index contributed by atoms with van der Waals surface area (Å²) in [4.78, 5) is 0. The van der Waals surface area contributed by atoms with Crippen LogP contribution in [0.3, 0.4) is 0 Å². The third-order valence-electron chi connectivity index (χ3n) is 3.28. The van der Waals surface area contributed by atoms with Crippen LogP contribution in [0.4, 0.5) is 0 Å². The first kappa shape index (κ1) is 13.8. The average Bonchev–Trinajstić information content (AvgIpc) is 2.39. The Labute approximate surface area is 106 Å². The van der Waals surface area contributed by atoms with Gasteiger partial charge in [-0.25, -0.2) is 0 Å². The summed E-state index contributed by atoms with van der Waals surface area (Å²) in [6, 6.07) is 10.6. The summed E-state index contributed by atoms with van der Waals surface area (Å²) < 4.78 is 0. The van der Waals surface area contributed by atoms with Gasteiger partial charge in [0.25, 0.3) is 0 Å². The highest BCUT2D eigenvalue weighted by atomic mass is 14.3. The molecular weight excluding hydrogens is 204 g/mol. The van der Waals surface area contributed by atoms with E-state index in [9.17, 15) is 0 Å². The molecule has 91 valence electrons. The first-order valence-corrected chi connectivity index (χ1v) is 6.45. The van der Waals surface area contributed by atoms with Gasteiger partial charge in [-0.05, 0) is 18.4 Å². The Kier molecular flexibility index (Phi) is 5.76. The molecule has 0 aliphatic carbocycles. The number of unbranched alkanes of at least 4 members (excludes halogenated alkanes) is 2. The number of rotatable bonds is 8. The smallest absolute Gasteiger partial charge is 0.0198 e. The molecule has 0 heterocycles. The van der Waals surface area contributed by atoms with Crippen molar-refractivity contribution >= 4 is 0 Å². The van der Waals surface area contributed by atoms with Crippen LogP contribution in [-0.4, -0.2) is 0 Å². The maximum absolute atomic E-state index is 4.03. The van der Waals surface area contributed by atoms with Gasteiger partial charge < -0.3 is 0 Å². The van der Waals surface area contributed by atoms with E-state index in [2.05, 4.69) is 62.9 Å². The lowest BCUT2D eigenvalue weighted by molar-refractivity contribution is 0.525. The van der Waals surface area contributed by atoms with Crippen LogP contribution >= 0.6 is 0 Å². The van der Waals surface area contributed by atoms with E-state index >= 15 is 0 Å². The second-order valence-corrected chi connectivity index (χ2v) is 4.47. The van der Waals surface area contributed by atoms with Crippen LogP contribution in [-0.2, 0) is 5.41 Å². The Hall–Kier alpha value is -1.30. The Bertz CT molecular complexity index is 336. The first-order chi connectivity index (χ1) is 8.29. The predicted octanol–water partition coefficient (Wildman–Crippen LogP) is 5.08. The molecule has 1 radical (unpaired) electrons. The molecule has 1 aromatic carbocycles. The highest BCUT2D eigenvalue weighted by molar-refractivity contribution is 5.36. The number of hydrogen-bond acceptors (Lipinski definition) is 0. The van der Waals surface area contributed by atoms with E-state index in [1.54, 1.807) is 0 Å². The molecule has 0 heteroatoms. The lowest BCUT2D eigenvalue weighted by Gasteiger charge is -2.30. The standard InChI is InChI=1S/C17H23/c1-4-7-11-15-17(6-3,14-5-2)16-12-9-8-10-13-16/h5-6,8-10,12-14H,2-4,7,11,15H2,1H3. The minimum absolute atomic E-state index is 0.0435. The van der Waals surface area contributed by atoms with Crippen molar-refractivity contribution in [3.8, 4) is 0 Å². The summed E-state index contributed by atoms with van der Waals surface area (Å²) in [7, 11) is 0. The van der Waals surface area contributed by atoms with Gasteiger partial charge >= 0.3 is 0 Å². The second-order valence-electron chi connectivity index (χ2n) is 4.47. The zero-order valence-corrected chi connectivity index (χ0v) is 10.9. The molecular formula is C17H23. The maximum atomic E-state index is 4.03. The highest BCUT2D eigenvalue weighted by Crippen LogP contribution is 2.34. The molecule has 0 saturated heterocycles. The Balaban J connectivity index is 2.91. The van der Waals surface area contributed by atoms with Crippen molar-refractivity contribution in [2.24, 2.45) is 0 Å². The molecule has 0 spiro atoms. The van der Waals surface area contributed by atoms with Crippen LogP contribution in [0.25, 0.3) is 0 Å². The minimum Gasteiger partial charge on any atom is -0.103 e. The largest absolute Gasteiger partial charge is 0.103 e. The molecule has 1 aromatic rings. The fourth-order valence-corrected chi connectivity index (χ4v) is 2.24. The summed E-state index contributed by atoms with van der Waals surface area (Å²) in [5.74, 6) is 0. The molecule has 0 bridgehead atoms. The van der Waals surface area contributed by atoms with E-state index in [1.165, 1.54) is 24.8 Å². The molecule has 17 heavy (non-hydrogen) atoms. The van der Waals surface area contributed by atoms with Crippen molar-refractivity contribution in [1.82, 2.24) is 0 Å². The normalized spacial score (nSPS) is 13.9. The molecule has 0 aliphatic heterocycles. The van der Waals surface area contributed by atoms with Gasteiger partial charge in [0.1, 0.15) is 0 Å². The Morgan fingerprint density at radius 3 is 2.35 bits per heavy atom. The maximum Gasteiger partial charge on any atom is 0.0198 e. The van der Waals surface area contributed by atoms with Crippen LogP contribution < -0.4 is 0 Å². The molecule has 0 amide bonds. The summed E-state index contributed by atoms with van der Waals surface area (Å²) in [6.07, 6.45) is 11.0. The van der Waals surface area contributed by atoms with Crippen LogP contribution in [0.5, 0.6) is 0 Å². The van der Waals surface area contributed by atoms with Gasteiger partial charge in [-0.2, -0.15) is 0 Å². The van der Waals surface area contributed by atoms with Crippen molar-refractivity contribution < 1.29 is 0 Å². The van der Waals surface area contributed by atoms with E-state index in [0.717, 1.165) is 6.42 Å². The average molecular weight is 227 g/mol.